The Hall–Kier alpha value is -0.0400. The highest BCUT2D eigenvalue weighted by atomic mass is 35.5. The molecule has 0 radical (unpaired) electrons. The fourth-order valence-electron chi connectivity index (χ4n) is 3.50. The average Bonchev–Trinajstić information content (AvgIpc) is 2.65. The number of fused-ring (bicyclic) bond motifs is 2. The summed E-state index contributed by atoms with van der Waals surface area (Å²) in [7, 11) is -1.60. The summed E-state index contributed by atoms with van der Waals surface area (Å²) in [5.74, 6) is 0. The molecule has 22 heavy (non-hydrogen) atoms. The van der Waals surface area contributed by atoms with Crippen LogP contribution in [-0.2, 0) is 10.0 Å². The summed E-state index contributed by atoms with van der Waals surface area (Å²) in [6.45, 7) is 0. The van der Waals surface area contributed by atoms with Crippen molar-refractivity contribution in [3.8, 4) is 0 Å². The number of hydrogen-bond acceptors (Lipinski definition) is 3. The second kappa shape index (κ2) is 6.11. The molecule has 0 aromatic heterocycles. The molecule has 2 aliphatic heterocycles. The molecule has 2 bridgehead atoms. The van der Waals surface area contributed by atoms with Crippen molar-refractivity contribution in [2.45, 2.75) is 48.7 Å². The summed E-state index contributed by atoms with van der Waals surface area (Å²) >= 11 is 17.8. The minimum Gasteiger partial charge on any atom is -0.300 e. The minimum atomic E-state index is -3.71. The summed E-state index contributed by atoms with van der Waals surface area (Å²) < 4.78 is 28.0. The molecule has 0 aliphatic carbocycles. The molecule has 1 aromatic carbocycles. The first-order valence-corrected chi connectivity index (χ1v) is 9.78. The van der Waals surface area contributed by atoms with Crippen LogP contribution in [0.5, 0.6) is 0 Å². The van der Waals surface area contributed by atoms with Gasteiger partial charge in [0.15, 0.2) is 0 Å². The van der Waals surface area contributed by atoms with E-state index in [-0.39, 0.29) is 26.0 Å². The van der Waals surface area contributed by atoms with Crippen molar-refractivity contribution < 1.29 is 8.42 Å². The first-order valence-electron chi connectivity index (χ1n) is 7.17. The Balaban J connectivity index is 1.81. The molecular formula is C14H17Cl3N2O2S. The molecule has 122 valence electrons. The van der Waals surface area contributed by atoms with E-state index < -0.39 is 10.0 Å². The number of piperidine rings is 1. The predicted molar refractivity (Wildman–Crippen MR) is 89.4 cm³/mol. The van der Waals surface area contributed by atoms with E-state index in [9.17, 15) is 8.42 Å². The number of halogens is 3. The molecular weight excluding hydrogens is 367 g/mol. The van der Waals surface area contributed by atoms with Crippen molar-refractivity contribution in [2.24, 2.45) is 0 Å². The van der Waals surface area contributed by atoms with Crippen molar-refractivity contribution >= 4 is 44.8 Å². The number of rotatable bonds is 3. The maximum atomic E-state index is 12.6. The molecule has 1 aromatic rings. The van der Waals surface area contributed by atoms with E-state index in [0.29, 0.717) is 12.1 Å². The quantitative estimate of drug-likeness (QED) is 0.812. The molecule has 4 nitrogen and oxygen atoms in total. The summed E-state index contributed by atoms with van der Waals surface area (Å²) in [5.41, 5.74) is 0. The number of benzene rings is 1. The number of hydrogen-bond donors (Lipinski definition) is 1. The Morgan fingerprint density at radius 2 is 1.59 bits per heavy atom. The maximum absolute atomic E-state index is 12.6. The Bertz CT molecular complexity index is 682. The van der Waals surface area contributed by atoms with Gasteiger partial charge >= 0.3 is 0 Å². The summed E-state index contributed by atoms with van der Waals surface area (Å²) in [6.07, 6.45) is 3.91. The Labute approximate surface area is 145 Å². The van der Waals surface area contributed by atoms with Crippen LogP contribution in [0.2, 0.25) is 15.1 Å². The highest BCUT2D eigenvalue weighted by molar-refractivity contribution is 7.89. The van der Waals surface area contributed by atoms with Crippen molar-refractivity contribution in [3.05, 3.63) is 27.2 Å². The summed E-state index contributed by atoms with van der Waals surface area (Å²) in [6, 6.07) is 3.51. The lowest BCUT2D eigenvalue weighted by Crippen LogP contribution is -2.48. The van der Waals surface area contributed by atoms with Crippen molar-refractivity contribution in [1.82, 2.24) is 9.62 Å². The van der Waals surface area contributed by atoms with Gasteiger partial charge in [-0.1, -0.05) is 34.8 Å². The van der Waals surface area contributed by atoms with E-state index in [1.807, 2.05) is 0 Å². The van der Waals surface area contributed by atoms with Crippen LogP contribution in [0.15, 0.2) is 17.0 Å². The second-order valence-corrected chi connectivity index (χ2v) is 8.94. The van der Waals surface area contributed by atoms with E-state index in [4.69, 9.17) is 34.8 Å². The van der Waals surface area contributed by atoms with Crippen LogP contribution in [0.25, 0.3) is 0 Å². The van der Waals surface area contributed by atoms with Gasteiger partial charge in [0.25, 0.3) is 0 Å². The van der Waals surface area contributed by atoms with E-state index in [0.717, 1.165) is 25.7 Å². The van der Waals surface area contributed by atoms with Gasteiger partial charge < -0.3 is 4.90 Å². The van der Waals surface area contributed by atoms with Gasteiger partial charge in [-0.25, -0.2) is 13.1 Å². The molecule has 1 N–H and O–H groups in total. The fourth-order valence-corrected chi connectivity index (χ4v) is 5.76. The molecule has 2 atom stereocenters. The third-order valence-corrected chi connectivity index (χ3v) is 7.39. The van der Waals surface area contributed by atoms with E-state index in [1.165, 1.54) is 12.1 Å². The normalized spacial score (nSPS) is 29.0. The fraction of sp³-hybridized carbons (Fsp3) is 0.571. The zero-order chi connectivity index (χ0) is 16.1. The molecule has 2 aliphatic rings. The van der Waals surface area contributed by atoms with Gasteiger partial charge in [0.05, 0.1) is 15.1 Å². The lowest BCUT2D eigenvalue weighted by Gasteiger charge is -2.36. The molecule has 2 fully saturated rings. The smallest absolute Gasteiger partial charge is 0.242 e. The van der Waals surface area contributed by atoms with Crippen LogP contribution in [0.4, 0.5) is 0 Å². The molecule has 0 unspecified atom stereocenters. The van der Waals surface area contributed by atoms with Gasteiger partial charge in [-0.3, -0.25) is 0 Å². The number of nitrogens with zero attached hydrogens (tertiary/aromatic N) is 1. The van der Waals surface area contributed by atoms with Gasteiger partial charge in [0.2, 0.25) is 10.0 Å². The van der Waals surface area contributed by atoms with Crippen molar-refractivity contribution in [1.29, 1.82) is 0 Å². The van der Waals surface area contributed by atoms with Gasteiger partial charge in [0, 0.05) is 18.1 Å². The van der Waals surface area contributed by atoms with Crippen LogP contribution >= 0.6 is 34.8 Å². The lowest BCUT2D eigenvalue weighted by molar-refractivity contribution is 0.157. The zero-order valence-corrected chi connectivity index (χ0v) is 15.1. The van der Waals surface area contributed by atoms with Crippen LogP contribution in [0, 0.1) is 0 Å². The van der Waals surface area contributed by atoms with Gasteiger partial charge in [0.1, 0.15) is 4.90 Å². The molecule has 2 saturated heterocycles. The topological polar surface area (TPSA) is 49.4 Å². The first kappa shape index (κ1) is 16.8. The van der Waals surface area contributed by atoms with Gasteiger partial charge in [-0.15, -0.1) is 0 Å². The molecule has 2 heterocycles. The number of sulfonamides is 1. The lowest BCUT2D eigenvalue weighted by atomic mass is 9.99. The highest BCUT2D eigenvalue weighted by Crippen LogP contribution is 2.36. The van der Waals surface area contributed by atoms with E-state index >= 15 is 0 Å². The molecule has 0 spiro atoms. The minimum absolute atomic E-state index is 0.0187. The zero-order valence-electron chi connectivity index (χ0n) is 12.0. The Morgan fingerprint density at radius 1 is 1.05 bits per heavy atom. The summed E-state index contributed by atoms with van der Waals surface area (Å²) in [4.78, 5) is 2.34. The van der Waals surface area contributed by atoms with Crippen LogP contribution < -0.4 is 4.72 Å². The first-order chi connectivity index (χ1) is 10.3. The van der Waals surface area contributed by atoms with Gasteiger partial charge in [-0.05, 0) is 44.9 Å². The molecule has 3 rings (SSSR count). The Morgan fingerprint density at radius 3 is 2.18 bits per heavy atom. The third-order valence-electron chi connectivity index (χ3n) is 4.68. The monoisotopic (exact) mass is 382 g/mol. The van der Waals surface area contributed by atoms with Crippen LogP contribution in [-0.4, -0.2) is 38.5 Å². The van der Waals surface area contributed by atoms with Gasteiger partial charge in [-0.2, -0.15) is 0 Å². The molecule has 8 heteroatoms. The standard InChI is InChI=1S/C14H17Cl3N2O2S/c1-19-9-2-3-10(19)5-8(4-9)18-22(20,21)14-7-12(16)11(15)6-13(14)17/h6-10,18H,2-5H2,1H3/t9-,10-/m0/s1. The van der Waals surface area contributed by atoms with E-state index in [2.05, 4.69) is 16.7 Å². The average molecular weight is 384 g/mol. The maximum Gasteiger partial charge on any atom is 0.242 e. The third kappa shape index (κ3) is 3.12. The number of nitrogens with one attached hydrogen (secondary N) is 1. The largest absolute Gasteiger partial charge is 0.300 e. The van der Waals surface area contributed by atoms with Crippen molar-refractivity contribution in [2.75, 3.05) is 7.05 Å². The van der Waals surface area contributed by atoms with Crippen LogP contribution in [0.1, 0.15) is 25.7 Å². The molecule has 0 saturated carbocycles. The highest BCUT2D eigenvalue weighted by Gasteiger charge is 2.39. The van der Waals surface area contributed by atoms with Crippen molar-refractivity contribution in [3.63, 3.8) is 0 Å². The van der Waals surface area contributed by atoms with Crippen LogP contribution in [0.3, 0.4) is 0 Å². The van der Waals surface area contributed by atoms with E-state index in [1.54, 1.807) is 0 Å². The molecule has 0 amide bonds. The Kier molecular flexibility index (Phi) is 4.67. The predicted octanol–water partition coefficient (Wildman–Crippen LogP) is 3.55. The summed E-state index contributed by atoms with van der Waals surface area (Å²) in [5, 5.41) is 0.496. The second-order valence-electron chi connectivity index (χ2n) is 6.04. The SMILES string of the molecule is CN1[C@H]2CC[C@H]1CC(NS(=O)(=O)c1cc(Cl)c(Cl)cc1Cl)C2.